The smallest absolute Gasteiger partial charge is 0.459 e. The lowest BCUT2D eigenvalue weighted by Crippen LogP contribution is -2.35. The molecular weight excluding hydrogens is 465 g/mol. The van der Waals surface area contributed by atoms with Crippen LogP contribution in [0.2, 0.25) is 5.02 Å². The van der Waals surface area contributed by atoms with Gasteiger partial charge in [0.2, 0.25) is 0 Å². The first-order chi connectivity index (χ1) is 15.2. The number of esters is 1. The minimum absolute atomic E-state index is 0.178. The maximum Gasteiger partial charge on any atom is 0.459 e. The van der Waals surface area contributed by atoms with Gasteiger partial charge in [0.05, 0.1) is 13.7 Å². The summed E-state index contributed by atoms with van der Waals surface area (Å²) in [6.45, 7) is 1.22. The average Bonchev–Trinajstić information content (AvgIpc) is 3.23. The maximum atomic E-state index is 13.3. The summed E-state index contributed by atoms with van der Waals surface area (Å²) < 4.78 is 35.7. The highest BCUT2D eigenvalue weighted by Gasteiger charge is 2.34. The Morgan fingerprint density at radius 2 is 2.03 bits per heavy atom. The lowest BCUT2D eigenvalue weighted by atomic mass is 10.3. The Morgan fingerprint density at radius 1 is 1.31 bits per heavy atom. The Morgan fingerprint density at radius 3 is 2.72 bits per heavy atom. The lowest BCUT2D eigenvalue weighted by Gasteiger charge is -2.24. The number of nitrogens with zero attached hydrogens (tertiary/aromatic N) is 1. The number of ether oxygens (including phenoxy) is 2. The number of halogens is 1. The molecule has 2 aromatic rings. The highest BCUT2D eigenvalue weighted by atomic mass is 35.5. The molecule has 4 atom stereocenters. The van der Waals surface area contributed by atoms with E-state index in [9.17, 15) is 18.9 Å². The minimum Gasteiger partial charge on any atom is -0.468 e. The van der Waals surface area contributed by atoms with Crippen molar-refractivity contribution in [1.29, 1.82) is 0 Å². The molecule has 3 rings (SSSR count). The van der Waals surface area contributed by atoms with E-state index in [2.05, 4.69) is 14.8 Å². The van der Waals surface area contributed by atoms with Crippen LogP contribution in [0.15, 0.2) is 58.3 Å². The van der Waals surface area contributed by atoms with Crippen molar-refractivity contribution < 1.29 is 27.9 Å². The van der Waals surface area contributed by atoms with Gasteiger partial charge in [-0.15, -0.1) is 0 Å². The number of carbonyl (C=O) groups is 1. The number of methoxy groups -OCH3 is 1. The normalized spacial score (nSPS) is 20.5. The van der Waals surface area contributed by atoms with Gasteiger partial charge in [-0.05, 0) is 25.1 Å². The number of H-pyrrole nitrogens is 1. The molecular formula is C19H21ClN3O8P. The number of aromatic nitrogens is 2. The standard InChI is InChI=1S/C19H21ClN3O8P/c1-12(18(25)28-2)22-32(27,31-13-6-4-3-5-7-13)29-11-14-8-9-16(30-14)23-10-15(20)17(24)21-19(23)26/h3-10,12,14,16H,11H2,1-2H3,(H,22,27)(H,21,24,26). The van der Waals surface area contributed by atoms with E-state index >= 15 is 0 Å². The summed E-state index contributed by atoms with van der Waals surface area (Å²) >= 11 is 5.78. The molecule has 32 heavy (non-hydrogen) atoms. The van der Waals surface area contributed by atoms with Crippen molar-refractivity contribution in [3.05, 3.63) is 74.5 Å². The van der Waals surface area contributed by atoms with Crippen LogP contribution in [0.1, 0.15) is 13.2 Å². The molecule has 172 valence electrons. The van der Waals surface area contributed by atoms with Gasteiger partial charge in [-0.25, -0.2) is 9.36 Å². The first-order valence-corrected chi connectivity index (χ1v) is 11.3. The molecule has 11 nitrogen and oxygen atoms in total. The Balaban J connectivity index is 1.69. The third-order valence-corrected chi connectivity index (χ3v) is 6.20. The topological polar surface area (TPSA) is 138 Å². The lowest BCUT2D eigenvalue weighted by molar-refractivity contribution is -0.142. The van der Waals surface area contributed by atoms with Crippen LogP contribution in [-0.2, 0) is 23.4 Å². The monoisotopic (exact) mass is 485 g/mol. The Kier molecular flexibility index (Phi) is 7.70. The number of nitrogens with one attached hydrogen (secondary N) is 2. The Hall–Kier alpha value is -2.69. The van der Waals surface area contributed by atoms with Crippen LogP contribution >= 0.6 is 19.3 Å². The zero-order valence-electron chi connectivity index (χ0n) is 17.1. The molecule has 1 aromatic carbocycles. The molecule has 0 radical (unpaired) electrons. The van der Waals surface area contributed by atoms with Crippen molar-refractivity contribution >= 4 is 25.3 Å². The summed E-state index contributed by atoms with van der Waals surface area (Å²) in [4.78, 5) is 37.3. The SMILES string of the molecule is COC(=O)C(C)NP(=O)(OCC1C=CC(n2cc(Cl)c(=O)[nH]c2=O)O1)Oc1ccccc1. The second kappa shape index (κ2) is 10.3. The number of benzene rings is 1. The van der Waals surface area contributed by atoms with E-state index in [-0.39, 0.29) is 17.4 Å². The number of carbonyl (C=O) groups excluding carboxylic acids is 1. The van der Waals surface area contributed by atoms with Crippen LogP contribution in [0, 0.1) is 0 Å². The summed E-state index contributed by atoms with van der Waals surface area (Å²) in [6, 6.07) is 7.30. The van der Waals surface area contributed by atoms with Gasteiger partial charge in [0.25, 0.3) is 5.56 Å². The molecule has 0 saturated carbocycles. The number of rotatable bonds is 9. The van der Waals surface area contributed by atoms with Crippen molar-refractivity contribution in [2.45, 2.75) is 25.3 Å². The molecule has 0 fully saturated rings. The molecule has 0 saturated heterocycles. The number of hydrogen-bond acceptors (Lipinski definition) is 8. The van der Waals surface area contributed by atoms with Crippen molar-refractivity contribution in [3.63, 3.8) is 0 Å². The molecule has 0 spiro atoms. The van der Waals surface area contributed by atoms with Crippen molar-refractivity contribution in [2.75, 3.05) is 13.7 Å². The van der Waals surface area contributed by atoms with Crippen LogP contribution in [0.4, 0.5) is 0 Å². The van der Waals surface area contributed by atoms with Gasteiger partial charge in [0, 0.05) is 6.20 Å². The van der Waals surface area contributed by atoms with Crippen LogP contribution < -0.4 is 20.9 Å². The first-order valence-electron chi connectivity index (χ1n) is 9.40. The summed E-state index contributed by atoms with van der Waals surface area (Å²) in [6.07, 6.45) is 2.73. The fraction of sp³-hybridized carbons (Fsp3) is 0.316. The van der Waals surface area contributed by atoms with E-state index in [1.807, 2.05) is 0 Å². The quantitative estimate of drug-likeness (QED) is 0.310. The molecule has 0 amide bonds. The molecule has 1 aliphatic rings. The van der Waals surface area contributed by atoms with Gasteiger partial charge in [-0.3, -0.25) is 23.7 Å². The minimum atomic E-state index is -4.03. The molecule has 2 N–H and O–H groups in total. The Bertz CT molecular complexity index is 1150. The molecule has 2 heterocycles. The fourth-order valence-electron chi connectivity index (χ4n) is 2.74. The molecule has 1 aromatic heterocycles. The summed E-state index contributed by atoms with van der Waals surface area (Å²) in [5, 5.41) is 2.35. The second-order valence-electron chi connectivity index (χ2n) is 6.67. The molecule has 0 aliphatic carbocycles. The Labute approximate surface area is 187 Å². The van der Waals surface area contributed by atoms with Crippen molar-refractivity contribution in [3.8, 4) is 5.75 Å². The van der Waals surface area contributed by atoms with Gasteiger partial charge in [-0.2, -0.15) is 5.09 Å². The third kappa shape index (κ3) is 5.96. The van der Waals surface area contributed by atoms with Gasteiger partial charge in [-0.1, -0.05) is 35.9 Å². The van der Waals surface area contributed by atoms with E-state index in [4.69, 9.17) is 25.4 Å². The largest absolute Gasteiger partial charge is 0.468 e. The van der Waals surface area contributed by atoms with Crippen molar-refractivity contribution in [1.82, 2.24) is 14.6 Å². The van der Waals surface area contributed by atoms with E-state index in [1.165, 1.54) is 14.0 Å². The maximum absolute atomic E-state index is 13.3. The zero-order valence-corrected chi connectivity index (χ0v) is 18.7. The van der Waals surface area contributed by atoms with Gasteiger partial charge in [0.1, 0.15) is 22.9 Å². The van der Waals surface area contributed by atoms with Crippen LogP contribution in [0.3, 0.4) is 0 Å². The van der Waals surface area contributed by atoms with Crippen LogP contribution in [0.25, 0.3) is 0 Å². The molecule has 1 aliphatic heterocycles. The number of aromatic amines is 1. The van der Waals surface area contributed by atoms with Crippen LogP contribution in [0.5, 0.6) is 5.75 Å². The molecule has 4 unspecified atom stereocenters. The number of para-hydroxylation sites is 1. The van der Waals surface area contributed by atoms with Gasteiger partial charge in [0.15, 0.2) is 6.23 Å². The second-order valence-corrected chi connectivity index (χ2v) is 8.77. The molecule has 0 bridgehead atoms. The van der Waals surface area contributed by atoms with Crippen molar-refractivity contribution in [2.24, 2.45) is 0 Å². The van der Waals surface area contributed by atoms with E-state index in [0.29, 0.717) is 0 Å². The van der Waals surface area contributed by atoms with E-state index in [0.717, 1.165) is 10.8 Å². The fourth-order valence-corrected chi connectivity index (χ4v) is 4.39. The summed E-state index contributed by atoms with van der Waals surface area (Å²) in [5.41, 5.74) is -1.41. The molecule has 13 heteroatoms. The predicted molar refractivity (Wildman–Crippen MR) is 115 cm³/mol. The summed E-state index contributed by atoms with van der Waals surface area (Å²) in [5.74, 6) is -0.396. The first kappa shape index (κ1) is 24.0. The third-order valence-electron chi connectivity index (χ3n) is 4.29. The van der Waals surface area contributed by atoms with Gasteiger partial charge >= 0.3 is 19.4 Å². The number of hydrogen-bond donors (Lipinski definition) is 2. The van der Waals surface area contributed by atoms with Crippen LogP contribution in [-0.4, -0.2) is 41.4 Å². The van der Waals surface area contributed by atoms with Gasteiger partial charge < -0.3 is 14.0 Å². The average molecular weight is 486 g/mol. The summed E-state index contributed by atoms with van der Waals surface area (Å²) in [7, 11) is -2.83. The zero-order chi connectivity index (χ0) is 23.3. The highest BCUT2D eigenvalue weighted by Crippen LogP contribution is 2.45. The van der Waals surface area contributed by atoms with E-state index < -0.39 is 43.3 Å². The predicted octanol–water partition coefficient (Wildman–Crippen LogP) is 2.00. The van der Waals surface area contributed by atoms with E-state index in [1.54, 1.807) is 42.5 Å². The highest BCUT2D eigenvalue weighted by molar-refractivity contribution is 7.52.